The van der Waals surface area contributed by atoms with Gasteiger partial charge in [-0.1, -0.05) is 0 Å². The number of H-pyrrole nitrogens is 1. The van der Waals surface area contributed by atoms with E-state index < -0.39 is 0 Å². The van der Waals surface area contributed by atoms with Gasteiger partial charge in [0, 0.05) is 47.7 Å². The van der Waals surface area contributed by atoms with Crippen LogP contribution >= 0.6 is 11.8 Å². The molecule has 4 heterocycles. The van der Waals surface area contributed by atoms with Crippen molar-refractivity contribution < 1.29 is 4.79 Å². The van der Waals surface area contributed by atoms with Crippen molar-refractivity contribution in [2.75, 3.05) is 30.3 Å². The molecule has 0 bridgehead atoms. The normalized spacial score (nSPS) is 16.4. The van der Waals surface area contributed by atoms with Gasteiger partial charge < -0.3 is 16.4 Å². The van der Waals surface area contributed by atoms with Gasteiger partial charge in [0.05, 0.1) is 6.54 Å². The van der Waals surface area contributed by atoms with Crippen LogP contribution in [0.4, 0.5) is 17.5 Å². The largest absolute Gasteiger partial charge is 0.326 e. The Morgan fingerprint density at radius 3 is 2.85 bits per heavy atom. The number of rotatable bonds is 7. The highest BCUT2D eigenvalue weighted by Gasteiger charge is 2.21. The number of hydrogen-bond donors (Lipinski definition) is 4. The number of aromatic amines is 1. The molecule has 1 saturated heterocycles. The fourth-order valence-corrected chi connectivity index (χ4v) is 4.52. The minimum atomic E-state index is -0.0316. The lowest BCUT2D eigenvalue weighted by Gasteiger charge is -2.14. The van der Waals surface area contributed by atoms with E-state index in [1.807, 2.05) is 60.0 Å². The molecule has 0 radical (unpaired) electrons. The second-order valence-electron chi connectivity index (χ2n) is 8.09. The average Bonchev–Trinajstić information content (AvgIpc) is 3.51. The minimum absolute atomic E-state index is 0.0316. The number of anilines is 3. The van der Waals surface area contributed by atoms with Gasteiger partial charge in [0.2, 0.25) is 11.9 Å². The minimum Gasteiger partial charge on any atom is -0.326 e. The SMILES string of the molecule is Cc1cc(Nc2nc(Sc3ccc(NC(=O)CN4CC[C@@H](N)C4)cc3)nc3cccn23)n[nH]1. The molecule has 0 saturated carbocycles. The topological polar surface area (TPSA) is 129 Å². The number of nitrogens with two attached hydrogens (primary N) is 1. The first kappa shape index (κ1) is 21.4. The molecule has 0 spiro atoms. The summed E-state index contributed by atoms with van der Waals surface area (Å²) in [5.41, 5.74) is 8.41. The van der Waals surface area contributed by atoms with Crippen molar-refractivity contribution in [1.82, 2.24) is 29.5 Å². The summed E-state index contributed by atoms with van der Waals surface area (Å²) < 4.78 is 1.87. The van der Waals surface area contributed by atoms with Gasteiger partial charge >= 0.3 is 0 Å². The highest BCUT2D eigenvalue weighted by molar-refractivity contribution is 7.99. The molecule has 1 aliphatic heterocycles. The number of nitrogens with one attached hydrogen (secondary N) is 3. The maximum atomic E-state index is 12.3. The molecule has 10 nitrogen and oxygen atoms in total. The fourth-order valence-electron chi connectivity index (χ4n) is 3.76. The molecule has 11 heteroatoms. The molecule has 1 aromatic carbocycles. The van der Waals surface area contributed by atoms with Crippen molar-refractivity contribution in [3.8, 4) is 0 Å². The molecule has 5 rings (SSSR count). The Labute approximate surface area is 195 Å². The zero-order valence-corrected chi connectivity index (χ0v) is 19.0. The Bertz CT molecular complexity index is 1270. The predicted molar refractivity (Wildman–Crippen MR) is 128 cm³/mol. The van der Waals surface area contributed by atoms with Crippen LogP contribution in [0.5, 0.6) is 0 Å². The van der Waals surface area contributed by atoms with Crippen LogP contribution in [0.1, 0.15) is 12.1 Å². The van der Waals surface area contributed by atoms with Crippen molar-refractivity contribution in [2.24, 2.45) is 5.73 Å². The molecule has 1 aliphatic rings. The molecular formula is C22H25N9OS. The zero-order valence-electron chi connectivity index (χ0n) is 18.2. The van der Waals surface area contributed by atoms with Crippen molar-refractivity contribution in [2.45, 2.75) is 29.4 Å². The number of aromatic nitrogens is 5. The second kappa shape index (κ2) is 9.22. The van der Waals surface area contributed by atoms with E-state index in [-0.39, 0.29) is 11.9 Å². The van der Waals surface area contributed by atoms with Crippen molar-refractivity contribution in [1.29, 1.82) is 0 Å². The van der Waals surface area contributed by atoms with E-state index in [1.165, 1.54) is 11.8 Å². The number of amides is 1. The molecule has 1 atom stereocenters. The van der Waals surface area contributed by atoms with Gasteiger partial charge in [-0.2, -0.15) is 10.1 Å². The first-order chi connectivity index (χ1) is 16.0. The van der Waals surface area contributed by atoms with Crippen LogP contribution in [0, 0.1) is 6.92 Å². The number of fused-ring (bicyclic) bond motifs is 1. The number of nitrogens with zero attached hydrogens (tertiary/aromatic N) is 5. The molecule has 0 unspecified atom stereocenters. The summed E-state index contributed by atoms with van der Waals surface area (Å²) in [5, 5.41) is 13.9. The van der Waals surface area contributed by atoms with Crippen LogP contribution in [0.25, 0.3) is 5.65 Å². The number of hydrogen-bond acceptors (Lipinski definition) is 8. The lowest BCUT2D eigenvalue weighted by Crippen LogP contribution is -2.33. The van der Waals surface area contributed by atoms with Crippen LogP contribution < -0.4 is 16.4 Å². The standard InChI is InChI=1S/C22H25N9OS/c1-14-11-18(29-28-14)25-21-27-22(26-19-3-2-9-31(19)21)33-17-6-4-16(5-7-17)24-20(32)13-30-10-8-15(23)12-30/h2-7,9,11,15H,8,10,12-13,23H2,1H3,(H,24,32)(H2,25,26,27,28,29)/t15-/m1/s1. The smallest absolute Gasteiger partial charge is 0.238 e. The summed E-state index contributed by atoms with van der Waals surface area (Å²) in [6, 6.07) is 13.6. The number of likely N-dealkylation sites (tertiary alicyclic amines) is 1. The van der Waals surface area contributed by atoms with Crippen LogP contribution in [0.2, 0.25) is 0 Å². The maximum Gasteiger partial charge on any atom is 0.238 e. The summed E-state index contributed by atoms with van der Waals surface area (Å²) >= 11 is 1.45. The zero-order chi connectivity index (χ0) is 22.8. The van der Waals surface area contributed by atoms with E-state index in [0.717, 1.165) is 41.4 Å². The molecule has 5 N–H and O–H groups in total. The van der Waals surface area contributed by atoms with Crippen LogP contribution in [-0.4, -0.2) is 61.0 Å². The van der Waals surface area contributed by atoms with E-state index in [0.29, 0.717) is 23.5 Å². The van der Waals surface area contributed by atoms with Crippen LogP contribution in [-0.2, 0) is 4.79 Å². The third-order valence-electron chi connectivity index (χ3n) is 5.34. The van der Waals surface area contributed by atoms with Crippen molar-refractivity contribution >= 4 is 40.8 Å². The Balaban J connectivity index is 1.26. The van der Waals surface area contributed by atoms with E-state index in [9.17, 15) is 4.79 Å². The molecule has 4 aromatic rings. The highest BCUT2D eigenvalue weighted by Crippen LogP contribution is 2.28. The van der Waals surface area contributed by atoms with E-state index in [1.54, 1.807) is 0 Å². The Kier molecular flexibility index (Phi) is 5.99. The lowest BCUT2D eigenvalue weighted by molar-refractivity contribution is -0.117. The maximum absolute atomic E-state index is 12.3. The number of aryl methyl sites for hydroxylation is 1. The van der Waals surface area contributed by atoms with Crippen LogP contribution in [0.15, 0.2) is 58.7 Å². The summed E-state index contributed by atoms with van der Waals surface area (Å²) in [6.07, 6.45) is 2.84. The van der Waals surface area contributed by atoms with E-state index in [4.69, 9.17) is 5.73 Å². The summed E-state index contributed by atoms with van der Waals surface area (Å²) in [5.74, 6) is 1.29. The monoisotopic (exact) mass is 463 g/mol. The van der Waals surface area contributed by atoms with E-state index >= 15 is 0 Å². The average molecular weight is 464 g/mol. The Morgan fingerprint density at radius 2 is 2.12 bits per heavy atom. The van der Waals surface area contributed by atoms with Crippen LogP contribution in [0.3, 0.4) is 0 Å². The quantitative estimate of drug-likeness (QED) is 0.329. The molecule has 170 valence electrons. The Hall–Kier alpha value is -3.41. The third kappa shape index (κ3) is 5.16. The summed E-state index contributed by atoms with van der Waals surface area (Å²) in [4.78, 5) is 24.7. The summed E-state index contributed by atoms with van der Waals surface area (Å²) in [7, 11) is 0. The summed E-state index contributed by atoms with van der Waals surface area (Å²) in [6.45, 7) is 3.94. The van der Waals surface area contributed by atoms with Gasteiger partial charge in [0.15, 0.2) is 11.0 Å². The number of carbonyl (C=O) groups excluding carboxylic acids is 1. The predicted octanol–water partition coefficient (Wildman–Crippen LogP) is 2.63. The van der Waals surface area contributed by atoms with Crippen molar-refractivity contribution in [3.63, 3.8) is 0 Å². The number of carbonyl (C=O) groups is 1. The highest BCUT2D eigenvalue weighted by atomic mass is 32.2. The Morgan fingerprint density at radius 1 is 1.27 bits per heavy atom. The second-order valence-corrected chi connectivity index (χ2v) is 9.13. The first-order valence-corrected chi connectivity index (χ1v) is 11.5. The van der Waals surface area contributed by atoms with Crippen molar-refractivity contribution in [3.05, 3.63) is 54.4 Å². The van der Waals surface area contributed by atoms with Gasteiger partial charge in [-0.25, -0.2) is 4.98 Å². The van der Waals surface area contributed by atoms with Gasteiger partial charge in [0.1, 0.15) is 5.65 Å². The van der Waals surface area contributed by atoms with Gasteiger partial charge in [0.25, 0.3) is 0 Å². The molecule has 1 amide bonds. The number of benzene rings is 1. The molecule has 1 fully saturated rings. The molecular weight excluding hydrogens is 438 g/mol. The first-order valence-electron chi connectivity index (χ1n) is 10.7. The lowest BCUT2D eigenvalue weighted by atomic mass is 10.3. The van der Waals surface area contributed by atoms with Gasteiger partial charge in [-0.05, 0) is 61.5 Å². The molecule has 0 aliphatic carbocycles. The molecule has 33 heavy (non-hydrogen) atoms. The fraction of sp³-hybridized carbons (Fsp3) is 0.273. The van der Waals surface area contributed by atoms with Gasteiger partial charge in [-0.15, -0.1) is 0 Å². The molecule has 3 aromatic heterocycles. The van der Waals surface area contributed by atoms with E-state index in [2.05, 4.69) is 35.7 Å². The third-order valence-corrected chi connectivity index (χ3v) is 6.21. The van der Waals surface area contributed by atoms with Gasteiger partial charge in [-0.3, -0.25) is 19.2 Å².